The molecule has 0 amide bonds. The molecule has 0 spiro atoms. The molecule has 2 N–H and O–H groups in total. The number of aryl methyl sites for hydroxylation is 1. The summed E-state index contributed by atoms with van der Waals surface area (Å²) in [5.41, 5.74) is 9.85. The average molecular weight is 293 g/mol. The third-order valence-corrected chi connectivity index (χ3v) is 3.88. The lowest BCUT2D eigenvalue weighted by atomic mass is 10.1. The van der Waals surface area contributed by atoms with Crippen molar-refractivity contribution in [2.75, 3.05) is 5.73 Å². The molecule has 0 atom stereocenters. The Balaban J connectivity index is 2.18. The van der Waals surface area contributed by atoms with Gasteiger partial charge in [0.25, 0.3) is 0 Å². The van der Waals surface area contributed by atoms with Gasteiger partial charge in [-0.05, 0) is 25.1 Å². The summed E-state index contributed by atoms with van der Waals surface area (Å²) in [7, 11) is 0. The number of benzene rings is 1. The van der Waals surface area contributed by atoms with Gasteiger partial charge in [-0.2, -0.15) is 15.5 Å². The Morgan fingerprint density at radius 2 is 2.10 bits per heavy atom. The van der Waals surface area contributed by atoms with Gasteiger partial charge < -0.3 is 5.73 Å². The van der Waals surface area contributed by atoms with Crippen LogP contribution in [0.3, 0.4) is 0 Å². The van der Waals surface area contributed by atoms with Crippen LogP contribution in [0.5, 0.6) is 0 Å². The predicted molar refractivity (Wildman–Crippen MR) is 82.4 cm³/mol. The summed E-state index contributed by atoms with van der Waals surface area (Å²) in [4.78, 5) is 5.33. The Bertz CT molecular complexity index is 847. The Kier molecular flexibility index (Phi) is 3.34. The van der Waals surface area contributed by atoms with E-state index in [-0.39, 0.29) is 0 Å². The van der Waals surface area contributed by atoms with Crippen LogP contribution in [0.2, 0.25) is 0 Å². The zero-order valence-electron chi connectivity index (χ0n) is 11.2. The second kappa shape index (κ2) is 5.31. The van der Waals surface area contributed by atoms with Crippen LogP contribution < -0.4 is 5.73 Å². The average Bonchev–Trinajstić information content (AvgIpc) is 2.89. The number of aromatic nitrogens is 3. The molecule has 1 aromatic carbocycles. The van der Waals surface area contributed by atoms with Gasteiger partial charge in [-0.25, -0.2) is 4.98 Å². The van der Waals surface area contributed by atoms with E-state index in [0.29, 0.717) is 10.7 Å². The monoisotopic (exact) mass is 293 g/mol. The van der Waals surface area contributed by atoms with Gasteiger partial charge in [-0.3, -0.25) is 0 Å². The molecule has 6 heteroatoms. The van der Waals surface area contributed by atoms with E-state index in [2.05, 4.69) is 21.3 Å². The molecule has 0 aliphatic heterocycles. The first-order valence-corrected chi connectivity index (χ1v) is 7.05. The van der Waals surface area contributed by atoms with Gasteiger partial charge in [0.2, 0.25) is 0 Å². The first-order chi connectivity index (χ1) is 10.2. The van der Waals surface area contributed by atoms with Crippen molar-refractivity contribution in [2.24, 2.45) is 0 Å². The zero-order valence-corrected chi connectivity index (χ0v) is 12.1. The minimum Gasteiger partial charge on any atom is -0.375 e. The van der Waals surface area contributed by atoms with Crippen LogP contribution in [0.4, 0.5) is 5.13 Å². The zero-order chi connectivity index (χ0) is 14.8. The van der Waals surface area contributed by atoms with E-state index in [1.165, 1.54) is 11.3 Å². The molecule has 5 nitrogen and oxygen atoms in total. The highest BCUT2D eigenvalue weighted by molar-refractivity contribution is 7.19. The molecule has 0 saturated heterocycles. The van der Waals surface area contributed by atoms with E-state index in [0.717, 1.165) is 27.4 Å². The number of nitrogens with two attached hydrogens (primary N) is 1. The normalized spacial score (nSPS) is 10.3. The Hall–Kier alpha value is -2.78. The smallest absolute Gasteiger partial charge is 0.181 e. The molecule has 0 bridgehead atoms. The van der Waals surface area contributed by atoms with E-state index >= 15 is 0 Å². The maximum Gasteiger partial charge on any atom is 0.181 e. The van der Waals surface area contributed by atoms with Crippen LogP contribution in [-0.4, -0.2) is 15.2 Å². The lowest BCUT2D eigenvalue weighted by molar-refractivity contribution is 0.983. The van der Waals surface area contributed by atoms with Crippen LogP contribution >= 0.6 is 11.3 Å². The number of hydrogen-bond donors (Lipinski definition) is 1. The van der Waals surface area contributed by atoms with Gasteiger partial charge >= 0.3 is 0 Å². The van der Waals surface area contributed by atoms with Gasteiger partial charge in [0.15, 0.2) is 5.13 Å². The number of anilines is 1. The van der Waals surface area contributed by atoms with Gasteiger partial charge in [-0.1, -0.05) is 23.5 Å². The van der Waals surface area contributed by atoms with Crippen molar-refractivity contribution in [3.05, 3.63) is 47.8 Å². The summed E-state index contributed by atoms with van der Waals surface area (Å²) in [6, 6.07) is 11.4. The molecule has 0 saturated carbocycles. The molecule has 0 fully saturated rings. The molecule has 0 radical (unpaired) electrons. The number of nitriles is 1. The minimum atomic E-state index is 0.483. The van der Waals surface area contributed by atoms with E-state index in [9.17, 15) is 0 Å². The highest BCUT2D eigenvalue weighted by Gasteiger charge is 2.14. The van der Waals surface area contributed by atoms with Gasteiger partial charge in [0, 0.05) is 11.1 Å². The SMILES string of the molecule is Cc1cc(-c2sc(N)nc2-c2cccc(C#N)c2)cnn1. The van der Waals surface area contributed by atoms with E-state index in [1.54, 1.807) is 18.3 Å². The predicted octanol–water partition coefficient (Wildman–Crippen LogP) is 3.03. The fourth-order valence-electron chi connectivity index (χ4n) is 2.06. The van der Waals surface area contributed by atoms with Crippen LogP contribution in [-0.2, 0) is 0 Å². The van der Waals surface area contributed by atoms with E-state index < -0.39 is 0 Å². The number of thiazole rings is 1. The molecule has 2 heterocycles. The van der Waals surface area contributed by atoms with Crippen molar-refractivity contribution >= 4 is 16.5 Å². The van der Waals surface area contributed by atoms with Crippen LogP contribution in [0.1, 0.15) is 11.3 Å². The second-order valence-electron chi connectivity index (χ2n) is 4.51. The molecule has 0 aliphatic rings. The van der Waals surface area contributed by atoms with E-state index in [1.807, 2.05) is 25.1 Å². The lowest BCUT2D eigenvalue weighted by Gasteiger charge is -2.03. The molecule has 102 valence electrons. The maximum atomic E-state index is 9.03. The Morgan fingerprint density at radius 1 is 1.24 bits per heavy atom. The largest absolute Gasteiger partial charge is 0.375 e. The number of rotatable bonds is 2. The molecule has 2 aromatic heterocycles. The summed E-state index contributed by atoms with van der Waals surface area (Å²) in [6.07, 6.45) is 1.69. The van der Waals surface area contributed by atoms with Crippen LogP contribution in [0.15, 0.2) is 36.5 Å². The van der Waals surface area contributed by atoms with Crippen LogP contribution in [0.25, 0.3) is 21.7 Å². The number of nitrogens with zero attached hydrogens (tertiary/aromatic N) is 4. The number of nitrogen functional groups attached to an aromatic ring is 1. The summed E-state index contributed by atoms with van der Waals surface area (Å²) >= 11 is 1.40. The fraction of sp³-hybridized carbons (Fsp3) is 0.0667. The van der Waals surface area contributed by atoms with Crippen molar-refractivity contribution in [2.45, 2.75) is 6.92 Å². The van der Waals surface area contributed by atoms with Crippen LogP contribution in [0, 0.1) is 18.3 Å². The minimum absolute atomic E-state index is 0.483. The van der Waals surface area contributed by atoms with E-state index in [4.69, 9.17) is 11.0 Å². The molecule has 3 rings (SSSR count). The second-order valence-corrected chi connectivity index (χ2v) is 5.54. The summed E-state index contributed by atoms with van der Waals surface area (Å²) in [5, 5.41) is 17.4. The standard InChI is InChI=1S/C15H11N5S/c1-9-5-12(8-18-20-9)14-13(19-15(17)21-14)11-4-2-3-10(6-11)7-16/h2-6,8H,1H3,(H2,17,19). The van der Waals surface area contributed by atoms with Gasteiger partial charge in [-0.15, -0.1) is 0 Å². The molecular formula is C15H11N5S. The molecule has 3 aromatic rings. The van der Waals surface area contributed by atoms with Crippen molar-refractivity contribution in [3.8, 4) is 27.8 Å². The molecule has 0 unspecified atom stereocenters. The Labute approximate surface area is 125 Å². The van der Waals surface area contributed by atoms with Gasteiger partial charge in [0.1, 0.15) is 0 Å². The first kappa shape index (κ1) is 13.2. The summed E-state index contributed by atoms with van der Waals surface area (Å²) < 4.78 is 0. The topological polar surface area (TPSA) is 88.5 Å². The van der Waals surface area contributed by atoms with Crippen molar-refractivity contribution in [1.82, 2.24) is 15.2 Å². The molecule has 21 heavy (non-hydrogen) atoms. The van der Waals surface area contributed by atoms with Crippen molar-refractivity contribution < 1.29 is 0 Å². The molecule has 0 aliphatic carbocycles. The lowest BCUT2D eigenvalue weighted by Crippen LogP contribution is -1.88. The Morgan fingerprint density at radius 3 is 2.86 bits per heavy atom. The van der Waals surface area contributed by atoms with Crippen molar-refractivity contribution in [3.63, 3.8) is 0 Å². The van der Waals surface area contributed by atoms with Gasteiger partial charge in [0.05, 0.1) is 34.1 Å². The molecular weight excluding hydrogens is 282 g/mol. The highest BCUT2D eigenvalue weighted by Crippen LogP contribution is 2.37. The maximum absolute atomic E-state index is 9.03. The third kappa shape index (κ3) is 2.59. The third-order valence-electron chi connectivity index (χ3n) is 2.95. The van der Waals surface area contributed by atoms with Crippen molar-refractivity contribution in [1.29, 1.82) is 5.26 Å². The summed E-state index contributed by atoms with van der Waals surface area (Å²) in [6.45, 7) is 1.89. The number of hydrogen-bond acceptors (Lipinski definition) is 6. The quantitative estimate of drug-likeness (QED) is 0.784. The summed E-state index contributed by atoms with van der Waals surface area (Å²) in [5.74, 6) is 0. The fourth-order valence-corrected chi connectivity index (χ4v) is 2.90. The highest BCUT2D eigenvalue weighted by atomic mass is 32.1. The first-order valence-electron chi connectivity index (χ1n) is 6.24.